The number of furan rings is 1. The smallest absolute Gasteiger partial charge is 0.126 e. The van der Waals surface area contributed by atoms with Crippen LogP contribution in [0, 0.1) is 0 Å². The molecule has 3 nitrogen and oxygen atoms in total. The number of hydrogen-bond acceptors (Lipinski definition) is 4. The van der Waals surface area contributed by atoms with E-state index in [-0.39, 0.29) is 0 Å². The van der Waals surface area contributed by atoms with Gasteiger partial charge in [0.1, 0.15) is 5.76 Å². The summed E-state index contributed by atoms with van der Waals surface area (Å²) in [7, 11) is 0. The van der Waals surface area contributed by atoms with E-state index in [1.54, 1.807) is 6.26 Å². The van der Waals surface area contributed by atoms with Crippen molar-refractivity contribution in [3.63, 3.8) is 0 Å². The Bertz CT molecular complexity index is 314. The minimum atomic E-state index is 0.822. The van der Waals surface area contributed by atoms with Crippen molar-refractivity contribution in [3.8, 4) is 0 Å². The van der Waals surface area contributed by atoms with Gasteiger partial charge >= 0.3 is 0 Å². The summed E-state index contributed by atoms with van der Waals surface area (Å²) in [6, 6.07) is 3.73. The summed E-state index contributed by atoms with van der Waals surface area (Å²) < 4.78 is 8.83. The Hall–Kier alpha value is -1.42. The summed E-state index contributed by atoms with van der Waals surface area (Å²) in [5.41, 5.74) is 0.858. The highest BCUT2D eigenvalue weighted by molar-refractivity contribution is 7.03. The van der Waals surface area contributed by atoms with Crippen LogP contribution >= 0.6 is 11.5 Å². The Balaban J connectivity index is 2.14. The highest BCUT2D eigenvalue weighted by Crippen LogP contribution is 2.06. The maximum atomic E-state index is 5.10. The molecule has 0 amide bonds. The molecule has 0 aromatic carbocycles. The Labute approximate surface area is 73.5 Å². The topological polar surface area (TPSA) is 38.9 Å². The Morgan fingerprint density at radius 2 is 2.42 bits per heavy atom. The molecule has 60 valence electrons. The Morgan fingerprint density at radius 3 is 3.08 bits per heavy atom. The van der Waals surface area contributed by atoms with Gasteiger partial charge in [-0.05, 0) is 35.8 Å². The Kier molecular flexibility index (Phi) is 2.00. The summed E-state index contributed by atoms with van der Waals surface area (Å²) in [5.74, 6) is 0.822. The predicted octanol–water partition coefficient (Wildman–Crippen LogP) is 2.30. The maximum absolute atomic E-state index is 5.10. The number of rotatable bonds is 2. The third-order valence-corrected chi connectivity index (χ3v) is 1.86. The second-order valence-electron chi connectivity index (χ2n) is 2.18. The summed E-state index contributed by atoms with van der Waals surface area (Å²) in [6.45, 7) is 0. The van der Waals surface area contributed by atoms with Crippen LogP contribution < -0.4 is 0 Å². The van der Waals surface area contributed by atoms with Crippen LogP contribution in [0.5, 0.6) is 0 Å². The molecule has 2 aromatic rings. The molecule has 0 saturated heterocycles. The molecule has 0 unspecified atom stereocenters. The summed E-state index contributed by atoms with van der Waals surface area (Å²) in [6.07, 6.45) is 5.36. The molecule has 0 atom stereocenters. The lowest BCUT2D eigenvalue weighted by atomic mass is 10.3. The van der Waals surface area contributed by atoms with Crippen molar-refractivity contribution in [1.82, 2.24) is 9.59 Å². The van der Waals surface area contributed by atoms with Crippen molar-refractivity contribution in [3.05, 3.63) is 35.2 Å². The predicted molar refractivity (Wildman–Crippen MR) is 47.5 cm³/mol. The molecule has 0 saturated carbocycles. The largest absolute Gasteiger partial charge is 0.465 e. The van der Waals surface area contributed by atoms with E-state index in [2.05, 4.69) is 9.59 Å². The van der Waals surface area contributed by atoms with Gasteiger partial charge in [-0.2, -0.15) is 0 Å². The van der Waals surface area contributed by atoms with E-state index in [1.807, 2.05) is 29.7 Å². The van der Waals surface area contributed by atoms with Crippen LogP contribution in [0.15, 0.2) is 28.2 Å². The first kappa shape index (κ1) is 7.24. The van der Waals surface area contributed by atoms with E-state index in [1.165, 1.54) is 11.5 Å². The van der Waals surface area contributed by atoms with E-state index in [0.717, 1.165) is 11.5 Å². The highest BCUT2D eigenvalue weighted by Gasteiger charge is 1.90. The lowest BCUT2D eigenvalue weighted by Crippen LogP contribution is -1.69. The van der Waals surface area contributed by atoms with E-state index in [9.17, 15) is 0 Å². The zero-order valence-electron chi connectivity index (χ0n) is 6.18. The summed E-state index contributed by atoms with van der Waals surface area (Å²) in [5, 5.41) is 5.73. The normalized spacial score (nSPS) is 11.0. The van der Waals surface area contributed by atoms with E-state index in [0.29, 0.717) is 0 Å². The van der Waals surface area contributed by atoms with Crippen molar-refractivity contribution in [2.45, 2.75) is 0 Å². The highest BCUT2D eigenvalue weighted by atomic mass is 32.1. The van der Waals surface area contributed by atoms with Gasteiger partial charge in [0.25, 0.3) is 0 Å². The molecule has 4 heteroatoms. The van der Waals surface area contributed by atoms with E-state index < -0.39 is 0 Å². The maximum Gasteiger partial charge on any atom is 0.126 e. The van der Waals surface area contributed by atoms with Gasteiger partial charge < -0.3 is 4.42 Å². The molecule has 0 fully saturated rings. The quantitative estimate of drug-likeness (QED) is 0.708. The molecule has 0 aliphatic rings. The molecule has 0 aliphatic heterocycles. The molecule has 0 radical (unpaired) electrons. The van der Waals surface area contributed by atoms with Gasteiger partial charge in [-0.15, -0.1) is 5.10 Å². The molecule has 0 aliphatic carbocycles. The van der Waals surface area contributed by atoms with Crippen LogP contribution in [0.3, 0.4) is 0 Å². The second kappa shape index (κ2) is 3.32. The van der Waals surface area contributed by atoms with Crippen molar-refractivity contribution in [2.24, 2.45) is 0 Å². The molecule has 0 spiro atoms. The first-order valence-corrected chi connectivity index (χ1v) is 4.27. The standard InChI is InChI=1S/C8H6N2OS/c1-2-8(11-5-1)4-3-7-6-12-10-9-7/h1-6H. The van der Waals surface area contributed by atoms with Gasteiger partial charge in [-0.25, -0.2) is 0 Å². The fourth-order valence-electron chi connectivity index (χ4n) is 0.798. The van der Waals surface area contributed by atoms with Crippen molar-refractivity contribution in [2.75, 3.05) is 0 Å². The second-order valence-corrected chi connectivity index (χ2v) is 2.79. The molecule has 0 bridgehead atoms. The van der Waals surface area contributed by atoms with Crippen LogP contribution in [0.25, 0.3) is 12.2 Å². The lowest BCUT2D eigenvalue weighted by Gasteiger charge is -1.80. The average Bonchev–Trinajstić information content (AvgIpc) is 2.74. The SMILES string of the molecule is C(=Cc1ccco1)c1csnn1. The average molecular weight is 178 g/mol. The van der Waals surface area contributed by atoms with Gasteiger partial charge in [0.2, 0.25) is 0 Å². The molecule has 2 rings (SSSR count). The molecular weight excluding hydrogens is 172 g/mol. The third-order valence-electron chi connectivity index (χ3n) is 1.34. The zero-order valence-corrected chi connectivity index (χ0v) is 6.99. The van der Waals surface area contributed by atoms with Crippen molar-refractivity contribution >= 4 is 23.7 Å². The van der Waals surface area contributed by atoms with Gasteiger partial charge in [0, 0.05) is 5.38 Å². The van der Waals surface area contributed by atoms with Gasteiger partial charge in [0.05, 0.1) is 12.0 Å². The number of nitrogens with zero attached hydrogens (tertiary/aromatic N) is 2. The summed E-state index contributed by atoms with van der Waals surface area (Å²) >= 11 is 1.33. The van der Waals surface area contributed by atoms with E-state index in [4.69, 9.17) is 4.42 Å². The Morgan fingerprint density at radius 1 is 1.42 bits per heavy atom. The fraction of sp³-hybridized carbons (Fsp3) is 0. The monoisotopic (exact) mass is 178 g/mol. The van der Waals surface area contributed by atoms with Crippen LogP contribution in [-0.4, -0.2) is 9.59 Å². The number of aromatic nitrogens is 2. The molecule has 12 heavy (non-hydrogen) atoms. The first-order valence-electron chi connectivity index (χ1n) is 3.44. The minimum Gasteiger partial charge on any atom is -0.465 e. The molecular formula is C8H6N2OS. The molecule has 0 N–H and O–H groups in total. The zero-order chi connectivity index (χ0) is 8.23. The van der Waals surface area contributed by atoms with Crippen LogP contribution in [0.4, 0.5) is 0 Å². The van der Waals surface area contributed by atoms with Crippen molar-refractivity contribution in [1.29, 1.82) is 0 Å². The van der Waals surface area contributed by atoms with Gasteiger partial charge in [-0.3, -0.25) is 0 Å². The third kappa shape index (κ3) is 1.60. The minimum absolute atomic E-state index is 0.822. The van der Waals surface area contributed by atoms with Crippen molar-refractivity contribution < 1.29 is 4.42 Å². The van der Waals surface area contributed by atoms with Crippen LogP contribution in [0.2, 0.25) is 0 Å². The molecule has 2 aromatic heterocycles. The summed E-state index contributed by atoms with van der Waals surface area (Å²) in [4.78, 5) is 0. The fourth-order valence-corrected chi connectivity index (χ4v) is 1.22. The van der Waals surface area contributed by atoms with Crippen LogP contribution in [0.1, 0.15) is 11.5 Å². The lowest BCUT2D eigenvalue weighted by molar-refractivity contribution is 0.557. The van der Waals surface area contributed by atoms with E-state index >= 15 is 0 Å². The van der Waals surface area contributed by atoms with Crippen LogP contribution in [-0.2, 0) is 0 Å². The first-order chi connectivity index (χ1) is 5.95. The molecule has 2 heterocycles. The number of hydrogen-bond donors (Lipinski definition) is 0. The van der Waals surface area contributed by atoms with Gasteiger partial charge in [0.15, 0.2) is 0 Å². The van der Waals surface area contributed by atoms with Gasteiger partial charge in [-0.1, -0.05) is 4.49 Å².